The largest absolute Gasteiger partial charge is 0.444 e. The number of carbonyl (C=O) groups excluding carboxylic acids is 2. The van der Waals surface area contributed by atoms with E-state index in [9.17, 15) is 9.59 Å². The van der Waals surface area contributed by atoms with Crippen LogP contribution in [0.5, 0.6) is 0 Å². The number of unbranched alkanes of at least 4 members (excludes halogenated alkanes) is 2. The van der Waals surface area contributed by atoms with Crippen LogP contribution < -0.4 is 0 Å². The maximum absolute atomic E-state index is 12.1. The van der Waals surface area contributed by atoms with E-state index in [-0.39, 0.29) is 18.1 Å². The van der Waals surface area contributed by atoms with Crippen molar-refractivity contribution in [3.05, 3.63) is 0 Å². The van der Waals surface area contributed by atoms with Gasteiger partial charge in [0.15, 0.2) is 0 Å². The lowest BCUT2D eigenvalue weighted by molar-refractivity contribution is -0.129. The molecule has 0 spiro atoms. The molecule has 0 saturated carbocycles. The van der Waals surface area contributed by atoms with Crippen molar-refractivity contribution in [3.63, 3.8) is 0 Å². The number of amides is 2. The minimum atomic E-state index is -0.483. The van der Waals surface area contributed by atoms with E-state index >= 15 is 0 Å². The number of carbonyl (C=O) groups is 2. The minimum Gasteiger partial charge on any atom is -0.444 e. The maximum Gasteiger partial charge on any atom is 0.417 e. The summed E-state index contributed by atoms with van der Waals surface area (Å²) in [5, 5.41) is 0. The first kappa shape index (κ1) is 16.0. The van der Waals surface area contributed by atoms with Crippen LogP contribution in [-0.4, -0.2) is 29.0 Å². The molecular weight excluding hydrogens is 242 g/mol. The summed E-state index contributed by atoms with van der Waals surface area (Å²) >= 11 is 0. The number of imide groups is 1. The van der Waals surface area contributed by atoms with Crippen LogP contribution in [0.1, 0.15) is 66.2 Å². The van der Waals surface area contributed by atoms with Gasteiger partial charge in [-0.1, -0.05) is 39.5 Å². The monoisotopic (exact) mass is 269 g/mol. The molecule has 19 heavy (non-hydrogen) atoms. The zero-order chi connectivity index (χ0) is 14.4. The molecule has 0 aromatic rings. The van der Waals surface area contributed by atoms with Crippen molar-refractivity contribution in [2.45, 2.75) is 78.4 Å². The highest BCUT2D eigenvalue weighted by atomic mass is 16.6. The number of rotatable bonds is 7. The second-order valence-electron chi connectivity index (χ2n) is 5.73. The highest BCUT2D eigenvalue weighted by Gasteiger charge is 2.39. The zero-order valence-electron chi connectivity index (χ0n) is 12.6. The van der Waals surface area contributed by atoms with Crippen LogP contribution in [0.25, 0.3) is 0 Å². The minimum absolute atomic E-state index is 0.0933. The lowest BCUT2D eigenvalue weighted by Gasteiger charge is -2.18. The third-order valence-corrected chi connectivity index (χ3v) is 3.99. The first-order valence-electron chi connectivity index (χ1n) is 7.50. The van der Waals surface area contributed by atoms with Crippen LogP contribution in [0.3, 0.4) is 0 Å². The molecule has 4 heteroatoms. The Morgan fingerprint density at radius 3 is 2.53 bits per heavy atom. The molecular formula is C15H27NO3. The average Bonchev–Trinajstić information content (AvgIpc) is 2.61. The fourth-order valence-corrected chi connectivity index (χ4v) is 2.40. The molecule has 1 rings (SSSR count). The molecule has 0 aromatic heterocycles. The summed E-state index contributed by atoms with van der Waals surface area (Å²) in [6, 6.07) is -0.143. The first-order valence-corrected chi connectivity index (χ1v) is 7.50. The zero-order valence-corrected chi connectivity index (χ0v) is 12.6. The Balaban J connectivity index is 2.33. The van der Waals surface area contributed by atoms with Crippen LogP contribution in [0.15, 0.2) is 0 Å². The van der Waals surface area contributed by atoms with E-state index in [1.807, 2.05) is 13.8 Å². The van der Waals surface area contributed by atoms with E-state index in [4.69, 9.17) is 4.74 Å². The van der Waals surface area contributed by atoms with Crippen molar-refractivity contribution >= 4 is 12.0 Å². The van der Waals surface area contributed by atoms with Crippen molar-refractivity contribution in [1.82, 2.24) is 4.90 Å². The first-order chi connectivity index (χ1) is 8.97. The van der Waals surface area contributed by atoms with Gasteiger partial charge in [-0.3, -0.25) is 4.79 Å². The van der Waals surface area contributed by atoms with Gasteiger partial charge in [-0.2, -0.15) is 0 Å². The Bertz CT molecular complexity index is 317. The fraction of sp³-hybridized carbons (Fsp3) is 0.867. The molecule has 1 fully saturated rings. The summed E-state index contributed by atoms with van der Waals surface area (Å²) in [6.07, 6.45) is 5.49. The third kappa shape index (κ3) is 4.51. The van der Waals surface area contributed by atoms with Gasteiger partial charge < -0.3 is 4.74 Å². The van der Waals surface area contributed by atoms with E-state index in [1.54, 1.807) is 0 Å². The Labute approximate surface area is 116 Å². The van der Waals surface area contributed by atoms with E-state index in [2.05, 4.69) is 13.8 Å². The van der Waals surface area contributed by atoms with Gasteiger partial charge in [0.2, 0.25) is 5.91 Å². The SMILES string of the molecule is CCCCC[C@@H](C)CCC(=O)N1C(=O)OC(C)C1C. The topological polar surface area (TPSA) is 46.6 Å². The molecule has 4 nitrogen and oxygen atoms in total. The predicted molar refractivity (Wildman–Crippen MR) is 74.8 cm³/mol. The van der Waals surface area contributed by atoms with Gasteiger partial charge in [-0.05, 0) is 26.2 Å². The van der Waals surface area contributed by atoms with Gasteiger partial charge in [-0.25, -0.2) is 9.69 Å². The number of nitrogens with zero attached hydrogens (tertiary/aromatic N) is 1. The van der Waals surface area contributed by atoms with E-state index in [1.165, 1.54) is 24.2 Å². The number of hydrogen-bond donors (Lipinski definition) is 0. The second-order valence-corrected chi connectivity index (χ2v) is 5.73. The Morgan fingerprint density at radius 2 is 2.00 bits per heavy atom. The smallest absolute Gasteiger partial charge is 0.417 e. The molecule has 0 aliphatic carbocycles. The molecule has 1 heterocycles. The highest BCUT2D eigenvalue weighted by Crippen LogP contribution is 2.22. The molecule has 0 bridgehead atoms. The number of cyclic esters (lactones) is 1. The van der Waals surface area contributed by atoms with Crippen molar-refractivity contribution in [2.75, 3.05) is 0 Å². The maximum atomic E-state index is 12.1. The van der Waals surface area contributed by atoms with Crippen LogP contribution in [0.4, 0.5) is 4.79 Å². The molecule has 1 saturated heterocycles. The van der Waals surface area contributed by atoms with Gasteiger partial charge in [0.1, 0.15) is 6.10 Å². The van der Waals surface area contributed by atoms with Crippen LogP contribution >= 0.6 is 0 Å². The van der Waals surface area contributed by atoms with Gasteiger partial charge >= 0.3 is 6.09 Å². The predicted octanol–water partition coefficient (Wildman–Crippen LogP) is 3.74. The molecule has 1 aliphatic heterocycles. The molecule has 110 valence electrons. The Hall–Kier alpha value is -1.06. The van der Waals surface area contributed by atoms with Gasteiger partial charge in [0.05, 0.1) is 6.04 Å². The van der Waals surface area contributed by atoms with Crippen LogP contribution in [0.2, 0.25) is 0 Å². The van der Waals surface area contributed by atoms with Crippen molar-refractivity contribution in [2.24, 2.45) is 5.92 Å². The van der Waals surface area contributed by atoms with Crippen molar-refractivity contribution < 1.29 is 14.3 Å². The molecule has 2 unspecified atom stereocenters. The van der Waals surface area contributed by atoms with E-state index in [0.29, 0.717) is 12.3 Å². The summed E-state index contributed by atoms with van der Waals surface area (Å²) in [6.45, 7) is 8.05. The quantitative estimate of drug-likeness (QED) is 0.661. The van der Waals surface area contributed by atoms with Gasteiger partial charge in [0.25, 0.3) is 0 Å². The average molecular weight is 269 g/mol. The standard InChI is InChI=1S/C15H27NO3/c1-5-6-7-8-11(2)9-10-14(17)16-12(3)13(4)19-15(16)18/h11-13H,5-10H2,1-4H3/t11-,12?,13?/m1/s1. The number of ether oxygens (including phenoxy) is 1. The van der Waals surface area contributed by atoms with E-state index in [0.717, 1.165) is 12.8 Å². The molecule has 0 aromatic carbocycles. The second kappa shape index (κ2) is 7.51. The molecule has 3 atom stereocenters. The third-order valence-electron chi connectivity index (χ3n) is 3.99. The van der Waals surface area contributed by atoms with Crippen LogP contribution in [0, 0.1) is 5.92 Å². The van der Waals surface area contributed by atoms with Crippen LogP contribution in [-0.2, 0) is 9.53 Å². The summed E-state index contributed by atoms with van der Waals surface area (Å²) in [4.78, 5) is 24.9. The summed E-state index contributed by atoms with van der Waals surface area (Å²) < 4.78 is 5.06. The van der Waals surface area contributed by atoms with Crippen molar-refractivity contribution in [3.8, 4) is 0 Å². The highest BCUT2D eigenvalue weighted by molar-refractivity contribution is 5.93. The summed E-state index contributed by atoms with van der Waals surface area (Å²) in [5.74, 6) is 0.450. The molecule has 2 amide bonds. The van der Waals surface area contributed by atoms with E-state index < -0.39 is 6.09 Å². The fourth-order valence-electron chi connectivity index (χ4n) is 2.40. The molecule has 0 N–H and O–H groups in total. The molecule has 0 radical (unpaired) electrons. The lowest BCUT2D eigenvalue weighted by Crippen LogP contribution is -2.38. The molecule has 1 aliphatic rings. The Kier molecular flexibility index (Phi) is 6.32. The normalized spacial score (nSPS) is 24.4. The van der Waals surface area contributed by atoms with Crippen molar-refractivity contribution in [1.29, 1.82) is 0 Å². The Morgan fingerprint density at radius 1 is 1.32 bits per heavy atom. The summed E-state index contributed by atoms with van der Waals surface area (Å²) in [7, 11) is 0. The summed E-state index contributed by atoms with van der Waals surface area (Å²) in [5.41, 5.74) is 0. The van der Waals surface area contributed by atoms with Gasteiger partial charge in [-0.15, -0.1) is 0 Å². The number of hydrogen-bond acceptors (Lipinski definition) is 3. The lowest BCUT2D eigenvalue weighted by atomic mass is 9.98. The van der Waals surface area contributed by atoms with Gasteiger partial charge in [0, 0.05) is 6.42 Å².